The molecule has 0 bridgehead atoms. The van der Waals surface area contributed by atoms with E-state index in [9.17, 15) is 18.4 Å². The van der Waals surface area contributed by atoms with Crippen molar-refractivity contribution in [2.24, 2.45) is 0 Å². The summed E-state index contributed by atoms with van der Waals surface area (Å²) >= 11 is 0. The summed E-state index contributed by atoms with van der Waals surface area (Å²) in [4.78, 5) is 29.9. The number of carbonyl (C=O) groups excluding carboxylic acids is 2. The highest BCUT2D eigenvalue weighted by molar-refractivity contribution is 5.96. The van der Waals surface area contributed by atoms with E-state index in [4.69, 9.17) is 9.47 Å². The largest absolute Gasteiger partial charge is 0.461 e. The van der Waals surface area contributed by atoms with Crippen molar-refractivity contribution >= 4 is 33.7 Å². The zero-order valence-electron chi connectivity index (χ0n) is 24.4. The van der Waals surface area contributed by atoms with E-state index >= 15 is 0 Å². The minimum Gasteiger partial charge on any atom is -0.461 e. The molecule has 4 atom stereocenters. The molecule has 8 nitrogen and oxygen atoms in total. The lowest BCUT2D eigenvalue weighted by atomic mass is 9.95. The third-order valence-electron chi connectivity index (χ3n) is 7.92. The van der Waals surface area contributed by atoms with Gasteiger partial charge in [0.05, 0.1) is 11.4 Å². The van der Waals surface area contributed by atoms with Gasteiger partial charge in [-0.2, -0.15) is 0 Å². The number of rotatable bonds is 7. The first kappa shape index (κ1) is 29.7. The van der Waals surface area contributed by atoms with Crippen molar-refractivity contribution in [2.45, 2.75) is 77.7 Å². The summed E-state index contributed by atoms with van der Waals surface area (Å²) in [5, 5.41) is 8.72. The van der Waals surface area contributed by atoms with Crippen LogP contribution in [0.3, 0.4) is 0 Å². The number of esters is 2. The van der Waals surface area contributed by atoms with Crippen molar-refractivity contribution < 1.29 is 27.8 Å². The molecule has 4 heterocycles. The standard InChI is InChI=1S/C30H32F2N4O4.C2H6/c1-15(37)39-21-9-19(33-13-21)11-25-23-5-3-17(31)7-27(23)35-29(25)30-26(24-6-4-18(32)8-28(24)36-30)12-20-10-22(14-34-20)40-16(2)38;1-2/h3-8,19-22,33-36H,9-14H2,1-2H3;1-2H3. The third kappa shape index (κ3) is 6.34. The van der Waals surface area contributed by atoms with Crippen molar-refractivity contribution in [3.05, 3.63) is 59.2 Å². The molecule has 0 radical (unpaired) electrons. The SMILES string of the molecule is CC.CC(=O)OC1CNC(Cc2c(-c3[nH]c4cc(F)ccc4c3CC3CC(OC(C)=O)CN3)[nH]c3cc(F)ccc23)C1. The first-order chi connectivity index (χ1) is 20.2. The first-order valence-corrected chi connectivity index (χ1v) is 14.6. The van der Waals surface area contributed by atoms with E-state index in [0.717, 1.165) is 33.3 Å². The van der Waals surface area contributed by atoms with Gasteiger partial charge in [-0.1, -0.05) is 13.8 Å². The van der Waals surface area contributed by atoms with Crippen LogP contribution in [0.2, 0.25) is 0 Å². The van der Waals surface area contributed by atoms with E-state index in [1.807, 2.05) is 13.8 Å². The number of hydrogen-bond donors (Lipinski definition) is 4. The van der Waals surface area contributed by atoms with Crippen molar-refractivity contribution in [3.8, 4) is 11.4 Å². The van der Waals surface area contributed by atoms with Gasteiger partial charge in [-0.05, 0) is 60.4 Å². The highest BCUT2D eigenvalue weighted by Crippen LogP contribution is 2.38. The maximum absolute atomic E-state index is 14.3. The monoisotopic (exact) mass is 580 g/mol. The molecule has 2 aromatic heterocycles. The van der Waals surface area contributed by atoms with Gasteiger partial charge >= 0.3 is 11.9 Å². The third-order valence-corrected chi connectivity index (χ3v) is 7.92. The number of H-pyrrole nitrogens is 2. The molecule has 2 aliphatic heterocycles. The predicted molar refractivity (Wildman–Crippen MR) is 158 cm³/mol. The van der Waals surface area contributed by atoms with Crippen LogP contribution in [0.5, 0.6) is 0 Å². The number of aromatic amines is 2. The minimum atomic E-state index is -0.341. The molecule has 2 saturated heterocycles. The van der Waals surface area contributed by atoms with E-state index in [0.29, 0.717) is 49.8 Å². The number of fused-ring (bicyclic) bond motifs is 2. The molecule has 0 spiro atoms. The van der Waals surface area contributed by atoms with Gasteiger partial charge < -0.3 is 30.1 Å². The number of aromatic nitrogens is 2. The Labute approximate surface area is 243 Å². The van der Waals surface area contributed by atoms with Crippen LogP contribution in [0.4, 0.5) is 8.78 Å². The number of halogens is 2. The Kier molecular flexibility index (Phi) is 8.93. The highest BCUT2D eigenvalue weighted by Gasteiger charge is 2.31. The van der Waals surface area contributed by atoms with Gasteiger partial charge in [0, 0.05) is 73.7 Å². The molecule has 0 saturated carbocycles. The van der Waals surface area contributed by atoms with Crippen LogP contribution in [-0.4, -0.2) is 59.3 Å². The van der Waals surface area contributed by atoms with Crippen LogP contribution in [0, 0.1) is 11.6 Å². The average Bonchev–Trinajstić information content (AvgIpc) is 3.72. The van der Waals surface area contributed by atoms with Gasteiger partial charge in [-0.15, -0.1) is 0 Å². The van der Waals surface area contributed by atoms with E-state index in [2.05, 4.69) is 20.6 Å². The fourth-order valence-corrected chi connectivity index (χ4v) is 6.32. The molecule has 2 aliphatic rings. The average molecular weight is 581 g/mol. The Balaban J connectivity index is 0.00000173. The molecular weight excluding hydrogens is 542 g/mol. The fraction of sp³-hybridized carbons (Fsp3) is 0.438. The predicted octanol–water partition coefficient (Wildman–Crippen LogP) is 5.29. The van der Waals surface area contributed by atoms with Crippen molar-refractivity contribution in [3.63, 3.8) is 0 Å². The van der Waals surface area contributed by atoms with Crippen LogP contribution < -0.4 is 10.6 Å². The van der Waals surface area contributed by atoms with Crippen LogP contribution in [0.25, 0.3) is 33.2 Å². The molecule has 2 fully saturated rings. The molecule has 4 aromatic rings. The molecule has 4 N–H and O–H groups in total. The summed E-state index contributed by atoms with van der Waals surface area (Å²) in [6.07, 6.45) is 2.19. The van der Waals surface area contributed by atoms with Gasteiger partial charge in [0.25, 0.3) is 0 Å². The highest BCUT2D eigenvalue weighted by atomic mass is 19.1. The molecule has 0 amide bonds. The zero-order chi connectivity index (χ0) is 30.0. The smallest absolute Gasteiger partial charge is 0.302 e. The lowest BCUT2D eigenvalue weighted by molar-refractivity contribution is -0.146. The maximum atomic E-state index is 14.3. The number of benzene rings is 2. The lowest BCUT2D eigenvalue weighted by Crippen LogP contribution is -2.24. The minimum absolute atomic E-state index is 0.0541. The van der Waals surface area contributed by atoms with Gasteiger partial charge in [0.2, 0.25) is 0 Å². The van der Waals surface area contributed by atoms with Crippen molar-refractivity contribution in [2.75, 3.05) is 13.1 Å². The Morgan fingerprint density at radius 1 is 0.738 bits per heavy atom. The van der Waals surface area contributed by atoms with Crippen LogP contribution in [-0.2, 0) is 31.9 Å². The second kappa shape index (κ2) is 12.6. The molecule has 4 unspecified atom stereocenters. The van der Waals surface area contributed by atoms with Gasteiger partial charge in [0.1, 0.15) is 23.8 Å². The fourth-order valence-electron chi connectivity index (χ4n) is 6.32. The van der Waals surface area contributed by atoms with Crippen molar-refractivity contribution in [1.29, 1.82) is 0 Å². The molecule has 224 valence electrons. The lowest BCUT2D eigenvalue weighted by Gasteiger charge is -2.15. The maximum Gasteiger partial charge on any atom is 0.302 e. The van der Waals surface area contributed by atoms with Crippen molar-refractivity contribution in [1.82, 2.24) is 20.6 Å². The summed E-state index contributed by atoms with van der Waals surface area (Å²) in [6, 6.07) is 9.54. The first-order valence-electron chi connectivity index (χ1n) is 14.6. The Morgan fingerprint density at radius 2 is 1.14 bits per heavy atom. The van der Waals surface area contributed by atoms with E-state index in [-0.39, 0.29) is 47.9 Å². The Bertz CT molecular complexity index is 1480. The summed E-state index contributed by atoms with van der Waals surface area (Å²) in [5.41, 5.74) is 4.98. The Hall–Kier alpha value is -3.76. The topological polar surface area (TPSA) is 108 Å². The van der Waals surface area contributed by atoms with Crippen LogP contribution in [0.1, 0.15) is 51.7 Å². The molecule has 6 rings (SSSR count). The molecular formula is C32H38F2N4O4. The van der Waals surface area contributed by atoms with E-state index in [1.54, 1.807) is 12.1 Å². The molecule has 2 aromatic carbocycles. The van der Waals surface area contributed by atoms with Crippen LogP contribution >= 0.6 is 0 Å². The van der Waals surface area contributed by atoms with Crippen LogP contribution in [0.15, 0.2) is 36.4 Å². The Morgan fingerprint density at radius 3 is 1.52 bits per heavy atom. The molecule has 0 aliphatic carbocycles. The summed E-state index contributed by atoms with van der Waals surface area (Å²) in [5.74, 6) is -1.29. The van der Waals surface area contributed by atoms with E-state index in [1.165, 1.54) is 38.1 Å². The zero-order valence-corrected chi connectivity index (χ0v) is 24.4. The summed E-state index contributed by atoms with van der Waals surface area (Å²) < 4.78 is 39.4. The molecule has 42 heavy (non-hydrogen) atoms. The van der Waals surface area contributed by atoms with Gasteiger partial charge in [0.15, 0.2) is 0 Å². The number of nitrogens with one attached hydrogen (secondary N) is 4. The number of hydrogen-bond acceptors (Lipinski definition) is 6. The number of carbonyl (C=O) groups is 2. The molecule has 10 heteroatoms. The normalized spacial score (nSPS) is 21.9. The second-order valence-corrected chi connectivity index (χ2v) is 10.9. The number of ether oxygens (including phenoxy) is 2. The summed E-state index contributed by atoms with van der Waals surface area (Å²) in [6.45, 7) is 7.97. The van der Waals surface area contributed by atoms with Gasteiger partial charge in [-0.3, -0.25) is 9.59 Å². The van der Waals surface area contributed by atoms with Gasteiger partial charge in [-0.25, -0.2) is 8.78 Å². The summed E-state index contributed by atoms with van der Waals surface area (Å²) in [7, 11) is 0. The second-order valence-electron chi connectivity index (χ2n) is 10.9. The quantitative estimate of drug-likeness (QED) is 0.221. The van der Waals surface area contributed by atoms with E-state index < -0.39 is 0 Å².